The van der Waals surface area contributed by atoms with Crippen LogP contribution in [0.4, 0.5) is 0 Å². The summed E-state index contributed by atoms with van der Waals surface area (Å²) in [7, 11) is 0. The van der Waals surface area contributed by atoms with E-state index in [1.54, 1.807) is 0 Å². The van der Waals surface area contributed by atoms with Crippen molar-refractivity contribution in [2.24, 2.45) is 0 Å². The maximum absolute atomic E-state index is 11.1. The lowest BCUT2D eigenvalue weighted by molar-refractivity contribution is -0.389. The van der Waals surface area contributed by atoms with Crippen molar-refractivity contribution in [1.82, 2.24) is 0 Å². The Hall–Kier alpha value is -0.840. The second-order valence-corrected chi connectivity index (χ2v) is 11.1. The zero-order valence-corrected chi connectivity index (χ0v) is 23.5. The third-order valence-electron chi connectivity index (χ3n) is 8.21. The molecule has 0 unspecified atom stereocenters. The van der Waals surface area contributed by atoms with Gasteiger partial charge in [0.2, 0.25) is 0 Å². The standard InChI is InChI=1S/C24H42O21/c25-1-5-9(29)13(33)14(34)22(40-5)44-19-11(31)7(3-27)42-24(16(19)36)45-20-12(32)8(4-28)41-23(17(20)37)43-18-10(30)6(2-26)39-21(38)15(18)35/h5-38H,1-4H2/t5-,6-,7-,8-,9-,10-,11-,12-,13+,14+,15-,16+,17+,18+,19+,20+,21+,22-,23-,24-/m1/s1. The number of hydrogen-bond acceptors (Lipinski definition) is 21. The van der Waals surface area contributed by atoms with Crippen molar-refractivity contribution >= 4 is 0 Å². The summed E-state index contributed by atoms with van der Waals surface area (Å²) in [4.78, 5) is 0. The number of hydrogen-bond donors (Lipinski definition) is 14. The van der Waals surface area contributed by atoms with Crippen LogP contribution in [0.5, 0.6) is 0 Å². The summed E-state index contributed by atoms with van der Waals surface area (Å²) >= 11 is 0. The van der Waals surface area contributed by atoms with Crippen LogP contribution in [-0.4, -0.2) is 221 Å². The van der Waals surface area contributed by atoms with E-state index in [1.807, 2.05) is 0 Å². The van der Waals surface area contributed by atoms with Crippen LogP contribution in [0.15, 0.2) is 0 Å². The van der Waals surface area contributed by atoms with E-state index >= 15 is 0 Å². The van der Waals surface area contributed by atoms with Gasteiger partial charge in [-0.3, -0.25) is 0 Å². The fourth-order valence-electron chi connectivity index (χ4n) is 5.53. The van der Waals surface area contributed by atoms with Gasteiger partial charge in [0.1, 0.15) is 97.7 Å². The lowest BCUT2D eigenvalue weighted by Crippen LogP contribution is -2.67. The molecule has 14 N–H and O–H groups in total. The van der Waals surface area contributed by atoms with E-state index < -0.39 is 149 Å². The van der Waals surface area contributed by atoms with Crippen molar-refractivity contribution in [3.63, 3.8) is 0 Å². The van der Waals surface area contributed by atoms with Gasteiger partial charge in [-0.2, -0.15) is 0 Å². The monoisotopic (exact) mass is 666 g/mol. The summed E-state index contributed by atoms with van der Waals surface area (Å²) in [6, 6.07) is 0. The SMILES string of the molecule is OC[C@H]1O[C@H](O[C@@H]2[C@H](O)[C@@H](O[C@@H]3[C@H](O)[C@@H](O[C@@H]4[C@@H](O)[C@@H](O)O[C@H](CO)[C@H]4O)O[C@H](CO)[C@H]3O)O[C@H](CO)[C@H]2O)[C@@H](O)[C@@H](O)[C@@H]1O. The van der Waals surface area contributed by atoms with Gasteiger partial charge < -0.3 is 105 Å². The third kappa shape index (κ3) is 7.44. The second-order valence-electron chi connectivity index (χ2n) is 11.1. The number of ether oxygens (including phenoxy) is 7. The van der Waals surface area contributed by atoms with Crippen LogP contribution >= 0.6 is 0 Å². The summed E-state index contributed by atoms with van der Waals surface area (Å²) in [6.45, 7) is -3.42. The molecular formula is C24H42O21. The minimum absolute atomic E-state index is 0.802. The van der Waals surface area contributed by atoms with Crippen LogP contribution in [0.2, 0.25) is 0 Å². The first kappa shape index (κ1) is 37.0. The Morgan fingerprint density at radius 3 is 1.02 bits per heavy atom. The molecule has 0 saturated carbocycles. The van der Waals surface area contributed by atoms with Crippen molar-refractivity contribution in [2.45, 2.75) is 123 Å². The molecule has 0 aromatic carbocycles. The Kier molecular flexibility index (Phi) is 12.8. The number of aliphatic hydroxyl groups excluding tert-OH is 14. The highest BCUT2D eigenvalue weighted by Gasteiger charge is 2.55. The van der Waals surface area contributed by atoms with Crippen molar-refractivity contribution in [3.8, 4) is 0 Å². The van der Waals surface area contributed by atoms with E-state index in [4.69, 9.17) is 33.2 Å². The van der Waals surface area contributed by atoms with Gasteiger partial charge >= 0.3 is 0 Å². The summed E-state index contributed by atoms with van der Waals surface area (Å²) in [5.74, 6) is 0. The maximum atomic E-state index is 11.1. The molecule has 45 heavy (non-hydrogen) atoms. The molecule has 0 aliphatic carbocycles. The molecule has 0 spiro atoms. The summed E-state index contributed by atoms with van der Waals surface area (Å²) in [5.41, 5.74) is 0. The Labute approximate surface area is 254 Å². The molecule has 4 aliphatic heterocycles. The fraction of sp³-hybridized carbons (Fsp3) is 1.00. The van der Waals surface area contributed by atoms with Crippen LogP contribution in [0.3, 0.4) is 0 Å². The Morgan fingerprint density at radius 2 is 0.644 bits per heavy atom. The second kappa shape index (κ2) is 15.6. The lowest BCUT2D eigenvalue weighted by atomic mass is 9.95. The van der Waals surface area contributed by atoms with Gasteiger partial charge in [-0.15, -0.1) is 0 Å². The molecule has 4 fully saturated rings. The summed E-state index contributed by atoms with van der Waals surface area (Å²) in [6.07, 6.45) is -36.1. The van der Waals surface area contributed by atoms with Crippen LogP contribution in [0.1, 0.15) is 0 Å². The average Bonchev–Trinajstić information content (AvgIpc) is 3.02. The zero-order chi connectivity index (χ0) is 33.3. The minimum Gasteiger partial charge on any atom is -0.394 e. The van der Waals surface area contributed by atoms with Gasteiger partial charge in [-0.05, 0) is 0 Å². The van der Waals surface area contributed by atoms with Gasteiger partial charge in [0.25, 0.3) is 0 Å². The van der Waals surface area contributed by atoms with Crippen LogP contribution in [0, 0.1) is 0 Å². The molecule has 20 atom stereocenters. The smallest absolute Gasteiger partial charge is 0.187 e. The molecule has 0 amide bonds. The molecule has 4 saturated heterocycles. The van der Waals surface area contributed by atoms with Gasteiger partial charge in [-0.25, -0.2) is 0 Å². The minimum atomic E-state index is -2.05. The van der Waals surface area contributed by atoms with E-state index in [9.17, 15) is 71.5 Å². The first-order valence-electron chi connectivity index (χ1n) is 14.1. The van der Waals surface area contributed by atoms with E-state index in [1.165, 1.54) is 0 Å². The molecule has 21 heteroatoms. The van der Waals surface area contributed by atoms with Crippen molar-refractivity contribution in [1.29, 1.82) is 0 Å². The first-order valence-corrected chi connectivity index (χ1v) is 14.1. The molecule has 0 aromatic heterocycles. The molecule has 264 valence electrons. The molecule has 4 aliphatic rings. The Balaban J connectivity index is 1.53. The predicted octanol–water partition coefficient (Wildman–Crippen LogP) is -9.75. The van der Waals surface area contributed by atoms with E-state index in [2.05, 4.69) is 0 Å². The molecule has 4 rings (SSSR count). The van der Waals surface area contributed by atoms with Crippen LogP contribution < -0.4 is 0 Å². The first-order chi connectivity index (χ1) is 21.3. The highest BCUT2D eigenvalue weighted by molar-refractivity contribution is 4.97. The van der Waals surface area contributed by atoms with E-state index in [0.29, 0.717) is 0 Å². The number of rotatable bonds is 10. The van der Waals surface area contributed by atoms with Crippen molar-refractivity contribution in [3.05, 3.63) is 0 Å². The maximum Gasteiger partial charge on any atom is 0.187 e. The fourth-order valence-corrected chi connectivity index (χ4v) is 5.53. The molecule has 4 heterocycles. The van der Waals surface area contributed by atoms with Gasteiger partial charge in [0.15, 0.2) is 25.2 Å². The Bertz CT molecular complexity index is 916. The molecular weight excluding hydrogens is 624 g/mol. The quantitative estimate of drug-likeness (QED) is 0.103. The van der Waals surface area contributed by atoms with Crippen molar-refractivity contribution < 1.29 is 105 Å². The predicted molar refractivity (Wildman–Crippen MR) is 134 cm³/mol. The van der Waals surface area contributed by atoms with Gasteiger partial charge in [0.05, 0.1) is 26.4 Å². The lowest BCUT2D eigenvalue weighted by Gasteiger charge is -2.49. The third-order valence-corrected chi connectivity index (χ3v) is 8.21. The molecule has 0 bridgehead atoms. The van der Waals surface area contributed by atoms with Crippen LogP contribution in [-0.2, 0) is 33.2 Å². The number of aliphatic hydroxyl groups is 14. The van der Waals surface area contributed by atoms with Crippen LogP contribution in [0.25, 0.3) is 0 Å². The summed E-state index contributed by atoms with van der Waals surface area (Å²) < 4.78 is 37.5. The average molecular weight is 667 g/mol. The largest absolute Gasteiger partial charge is 0.394 e. The topological polar surface area (TPSA) is 348 Å². The van der Waals surface area contributed by atoms with Gasteiger partial charge in [0, 0.05) is 0 Å². The highest BCUT2D eigenvalue weighted by atomic mass is 16.8. The van der Waals surface area contributed by atoms with Gasteiger partial charge in [-0.1, -0.05) is 0 Å². The van der Waals surface area contributed by atoms with E-state index in [-0.39, 0.29) is 0 Å². The molecule has 0 radical (unpaired) electrons. The highest BCUT2D eigenvalue weighted by Crippen LogP contribution is 2.34. The zero-order valence-electron chi connectivity index (χ0n) is 23.5. The summed E-state index contributed by atoms with van der Waals surface area (Å²) in [5, 5.41) is 143. The van der Waals surface area contributed by atoms with E-state index in [0.717, 1.165) is 0 Å². The Morgan fingerprint density at radius 1 is 0.333 bits per heavy atom. The van der Waals surface area contributed by atoms with Crippen molar-refractivity contribution in [2.75, 3.05) is 26.4 Å². The molecule has 21 nitrogen and oxygen atoms in total. The normalized spacial score (nSPS) is 52.9. The molecule has 0 aromatic rings.